The number of aliphatic hydroxyl groups is 3. The summed E-state index contributed by atoms with van der Waals surface area (Å²) in [7, 11) is 0. The van der Waals surface area contributed by atoms with Gasteiger partial charge in [-0.25, -0.2) is 4.98 Å². The van der Waals surface area contributed by atoms with E-state index in [0.717, 1.165) is 12.1 Å². The highest BCUT2D eigenvalue weighted by atomic mass is 19.4. The number of halogens is 3. The number of hydrogen-bond donors (Lipinski definition) is 4. The van der Waals surface area contributed by atoms with E-state index in [2.05, 4.69) is 4.98 Å². The van der Waals surface area contributed by atoms with Crippen LogP contribution in [0.3, 0.4) is 0 Å². The highest BCUT2D eigenvalue weighted by Crippen LogP contribution is 2.34. The molecule has 5 N–H and O–H groups in total. The Kier molecular flexibility index (Phi) is 4.49. The second-order valence-corrected chi connectivity index (χ2v) is 3.70. The van der Waals surface area contributed by atoms with Crippen molar-refractivity contribution >= 4 is 5.82 Å². The van der Waals surface area contributed by atoms with Crippen LogP contribution >= 0.6 is 0 Å². The lowest BCUT2D eigenvalue weighted by molar-refractivity contribution is -0.143. The van der Waals surface area contributed by atoms with E-state index in [1.54, 1.807) is 0 Å². The molecule has 0 aliphatic heterocycles. The summed E-state index contributed by atoms with van der Waals surface area (Å²) in [5, 5.41) is 27.6. The largest absolute Gasteiger partial charge is 0.433 e. The molecule has 0 bridgehead atoms. The molecule has 0 aromatic carbocycles. The van der Waals surface area contributed by atoms with Crippen molar-refractivity contribution in [3.63, 3.8) is 0 Å². The maximum Gasteiger partial charge on any atom is 0.433 e. The van der Waals surface area contributed by atoms with Gasteiger partial charge >= 0.3 is 6.18 Å². The first kappa shape index (κ1) is 14.7. The van der Waals surface area contributed by atoms with Gasteiger partial charge in [-0.05, 0) is 12.5 Å². The van der Waals surface area contributed by atoms with Crippen LogP contribution in [-0.4, -0.2) is 33.0 Å². The molecule has 0 aliphatic carbocycles. The first-order chi connectivity index (χ1) is 8.27. The lowest BCUT2D eigenvalue weighted by atomic mass is 10.0. The summed E-state index contributed by atoms with van der Waals surface area (Å²) in [6, 6.07) is 2.05. The number of pyridine rings is 1. The maximum absolute atomic E-state index is 12.7. The van der Waals surface area contributed by atoms with Crippen molar-refractivity contribution < 1.29 is 28.5 Å². The van der Waals surface area contributed by atoms with Crippen LogP contribution in [0.1, 0.15) is 23.8 Å². The summed E-state index contributed by atoms with van der Waals surface area (Å²) in [6.07, 6.45) is -8.34. The molecule has 0 amide bonds. The van der Waals surface area contributed by atoms with Gasteiger partial charge in [0.2, 0.25) is 0 Å². The summed E-state index contributed by atoms with van der Waals surface area (Å²) in [5.41, 5.74) is 3.25. The number of nitrogens with zero attached hydrogens (tertiary/aromatic N) is 1. The number of nitrogens with two attached hydrogens (primary N) is 1. The molecule has 2 atom stereocenters. The fraction of sp³-hybridized carbons (Fsp3) is 0.500. The third kappa shape index (κ3) is 3.31. The van der Waals surface area contributed by atoms with Crippen LogP contribution < -0.4 is 5.73 Å². The number of anilines is 1. The predicted octanol–water partition coefficient (Wildman–Crippen LogP) is 0.459. The maximum atomic E-state index is 12.7. The fourth-order valence-electron chi connectivity index (χ4n) is 1.45. The second-order valence-electron chi connectivity index (χ2n) is 3.70. The summed E-state index contributed by atoms with van der Waals surface area (Å²) >= 11 is 0. The van der Waals surface area contributed by atoms with Crippen molar-refractivity contribution in [1.82, 2.24) is 4.98 Å². The van der Waals surface area contributed by atoms with Gasteiger partial charge in [0.05, 0.1) is 6.10 Å². The predicted molar refractivity (Wildman–Crippen MR) is 56.3 cm³/mol. The van der Waals surface area contributed by atoms with E-state index in [1.165, 1.54) is 0 Å². The minimum absolute atomic E-state index is 0.247. The molecule has 0 saturated carbocycles. The first-order valence-electron chi connectivity index (χ1n) is 5.08. The Balaban J connectivity index is 3.15. The second kappa shape index (κ2) is 5.51. The third-order valence-electron chi connectivity index (χ3n) is 2.32. The van der Waals surface area contributed by atoms with Gasteiger partial charge in [0.25, 0.3) is 0 Å². The van der Waals surface area contributed by atoms with E-state index in [1.807, 2.05) is 0 Å². The summed E-state index contributed by atoms with van der Waals surface area (Å²) < 4.78 is 38.0. The minimum Gasteiger partial charge on any atom is -0.396 e. The molecule has 0 aliphatic rings. The monoisotopic (exact) mass is 266 g/mol. The molecule has 5 nitrogen and oxygen atoms in total. The lowest BCUT2D eigenvalue weighted by Crippen LogP contribution is -2.24. The van der Waals surface area contributed by atoms with Gasteiger partial charge < -0.3 is 21.1 Å². The van der Waals surface area contributed by atoms with Crippen LogP contribution in [0, 0.1) is 0 Å². The molecule has 18 heavy (non-hydrogen) atoms. The van der Waals surface area contributed by atoms with Gasteiger partial charge in [-0.1, -0.05) is 6.07 Å². The van der Waals surface area contributed by atoms with E-state index in [4.69, 9.17) is 10.8 Å². The van der Waals surface area contributed by atoms with Crippen LogP contribution in [0.5, 0.6) is 0 Å². The number of alkyl halides is 3. The van der Waals surface area contributed by atoms with E-state index in [0.29, 0.717) is 0 Å². The van der Waals surface area contributed by atoms with Crippen LogP contribution in [0.25, 0.3) is 0 Å². The Bertz CT molecular complexity index is 412. The van der Waals surface area contributed by atoms with E-state index < -0.39 is 36.2 Å². The molecule has 0 radical (unpaired) electrons. The molecular weight excluding hydrogens is 253 g/mol. The molecule has 0 spiro atoms. The first-order valence-corrected chi connectivity index (χ1v) is 5.08. The molecule has 2 unspecified atom stereocenters. The Morgan fingerprint density at radius 3 is 2.39 bits per heavy atom. The van der Waals surface area contributed by atoms with E-state index >= 15 is 0 Å². The van der Waals surface area contributed by atoms with Gasteiger partial charge in [-0.15, -0.1) is 0 Å². The standard InChI is InChI=1S/C10H13F3N2O3/c11-10(12,13)9-5(1-2-7(14)15-9)8(18)6(17)3-4-16/h1-2,6,8,16-18H,3-4H2,(H2,14,15). The Morgan fingerprint density at radius 2 is 1.89 bits per heavy atom. The smallest absolute Gasteiger partial charge is 0.396 e. The zero-order valence-corrected chi connectivity index (χ0v) is 9.22. The normalized spacial score (nSPS) is 15.4. The van der Waals surface area contributed by atoms with Gasteiger partial charge in [-0.2, -0.15) is 13.2 Å². The minimum atomic E-state index is -4.79. The van der Waals surface area contributed by atoms with Crippen molar-refractivity contribution in [2.24, 2.45) is 0 Å². The van der Waals surface area contributed by atoms with E-state index in [-0.39, 0.29) is 12.2 Å². The molecule has 1 aromatic heterocycles. The number of nitrogen functional groups attached to an aromatic ring is 1. The van der Waals surface area contributed by atoms with Crippen LogP contribution in [0.4, 0.5) is 19.0 Å². The highest BCUT2D eigenvalue weighted by Gasteiger charge is 2.38. The zero-order valence-electron chi connectivity index (χ0n) is 9.22. The number of rotatable bonds is 4. The third-order valence-corrected chi connectivity index (χ3v) is 2.32. The Hall–Kier alpha value is -1.38. The van der Waals surface area contributed by atoms with Crippen molar-refractivity contribution in [2.75, 3.05) is 12.3 Å². The van der Waals surface area contributed by atoms with Gasteiger partial charge in [0, 0.05) is 12.2 Å². The van der Waals surface area contributed by atoms with Crippen molar-refractivity contribution in [1.29, 1.82) is 0 Å². The quantitative estimate of drug-likeness (QED) is 0.634. The summed E-state index contributed by atoms with van der Waals surface area (Å²) in [4.78, 5) is 3.13. The Morgan fingerprint density at radius 1 is 1.28 bits per heavy atom. The summed E-state index contributed by atoms with van der Waals surface area (Å²) in [6.45, 7) is -0.456. The number of aromatic nitrogens is 1. The molecule has 1 heterocycles. The topological polar surface area (TPSA) is 99.6 Å². The summed E-state index contributed by atoms with van der Waals surface area (Å²) in [5.74, 6) is -0.338. The molecule has 1 rings (SSSR count). The van der Waals surface area contributed by atoms with Crippen LogP contribution in [-0.2, 0) is 6.18 Å². The highest BCUT2D eigenvalue weighted by molar-refractivity contribution is 5.37. The average molecular weight is 266 g/mol. The van der Waals surface area contributed by atoms with Crippen molar-refractivity contribution in [3.05, 3.63) is 23.4 Å². The molecule has 8 heteroatoms. The van der Waals surface area contributed by atoms with Crippen LogP contribution in [0.2, 0.25) is 0 Å². The van der Waals surface area contributed by atoms with Crippen molar-refractivity contribution in [2.45, 2.75) is 24.8 Å². The molecule has 1 aromatic rings. The Labute approximate surface area is 101 Å². The number of aliphatic hydroxyl groups excluding tert-OH is 3. The van der Waals surface area contributed by atoms with Crippen molar-refractivity contribution in [3.8, 4) is 0 Å². The van der Waals surface area contributed by atoms with Gasteiger partial charge in [0.15, 0.2) is 5.69 Å². The number of hydrogen-bond acceptors (Lipinski definition) is 5. The van der Waals surface area contributed by atoms with Gasteiger partial charge in [-0.3, -0.25) is 0 Å². The zero-order chi connectivity index (χ0) is 13.9. The van der Waals surface area contributed by atoms with Crippen LogP contribution in [0.15, 0.2) is 12.1 Å². The fourth-order valence-corrected chi connectivity index (χ4v) is 1.45. The molecule has 0 saturated heterocycles. The van der Waals surface area contributed by atoms with E-state index in [9.17, 15) is 23.4 Å². The molecular formula is C10H13F3N2O3. The molecule has 0 fully saturated rings. The average Bonchev–Trinajstić information content (AvgIpc) is 2.27. The van der Waals surface area contributed by atoms with Gasteiger partial charge in [0.1, 0.15) is 11.9 Å². The molecule has 102 valence electrons. The lowest BCUT2D eigenvalue weighted by Gasteiger charge is -2.20. The SMILES string of the molecule is Nc1ccc(C(O)C(O)CCO)c(C(F)(F)F)n1.